The smallest absolute Gasteiger partial charge is 0.328 e. The number of carboxylic acids is 1. The van der Waals surface area contributed by atoms with Crippen molar-refractivity contribution in [3.05, 3.63) is 28.0 Å². The van der Waals surface area contributed by atoms with Gasteiger partial charge in [0.05, 0.1) is 4.88 Å². The van der Waals surface area contributed by atoms with E-state index in [1.807, 2.05) is 0 Å². The largest absolute Gasteiger partial charge is 0.478 e. The Hall–Kier alpha value is -1.66. The van der Waals surface area contributed by atoms with Crippen molar-refractivity contribution >= 4 is 29.3 Å². The van der Waals surface area contributed by atoms with Crippen LogP contribution in [0.15, 0.2) is 18.2 Å². The van der Waals surface area contributed by atoms with Crippen molar-refractivity contribution in [2.24, 2.45) is 0 Å². The first kappa shape index (κ1) is 15.7. The summed E-state index contributed by atoms with van der Waals surface area (Å²) in [5, 5.41) is 11.5. The van der Waals surface area contributed by atoms with Crippen molar-refractivity contribution in [1.82, 2.24) is 10.2 Å². The number of aliphatic carboxylic acids is 1. The highest BCUT2D eigenvalue weighted by molar-refractivity contribution is 7.14. The summed E-state index contributed by atoms with van der Waals surface area (Å²) in [6.45, 7) is 2.72. The van der Waals surface area contributed by atoms with Gasteiger partial charge in [0.2, 0.25) is 0 Å². The molecule has 1 aliphatic rings. The third-order valence-electron chi connectivity index (χ3n) is 3.62. The van der Waals surface area contributed by atoms with Gasteiger partial charge in [0, 0.05) is 29.6 Å². The lowest BCUT2D eigenvalue weighted by molar-refractivity contribution is -0.131. The number of nitrogens with one attached hydrogen (secondary N) is 1. The monoisotopic (exact) mass is 308 g/mol. The Labute approximate surface area is 128 Å². The molecule has 1 saturated carbocycles. The van der Waals surface area contributed by atoms with Crippen molar-refractivity contribution in [1.29, 1.82) is 0 Å². The molecule has 0 spiro atoms. The first-order chi connectivity index (χ1) is 9.97. The van der Waals surface area contributed by atoms with E-state index in [1.165, 1.54) is 30.3 Å². The molecule has 1 heterocycles. The topological polar surface area (TPSA) is 69.6 Å². The first-order valence-corrected chi connectivity index (χ1v) is 7.80. The Morgan fingerprint density at radius 3 is 2.86 bits per heavy atom. The fourth-order valence-corrected chi connectivity index (χ4v) is 2.86. The molecule has 6 heteroatoms. The molecule has 0 radical (unpaired) electrons. The molecule has 1 atom stereocenters. The minimum Gasteiger partial charge on any atom is -0.478 e. The molecule has 2 rings (SSSR count). The minimum absolute atomic E-state index is 0.106. The van der Waals surface area contributed by atoms with Gasteiger partial charge in [-0.1, -0.05) is 0 Å². The number of carbonyl (C=O) groups excluding carboxylic acids is 1. The summed E-state index contributed by atoms with van der Waals surface area (Å²) < 4.78 is 0. The molecule has 0 aromatic carbocycles. The van der Waals surface area contributed by atoms with Gasteiger partial charge in [-0.25, -0.2) is 4.79 Å². The van der Waals surface area contributed by atoms with Gasteiger partial charge in [-0.2, -0.15) is 0 Å². The predicted octanol–water partition coefficient (Wildman–Crippen LogP) is 2.06. The molecule has 0 saturated heterocycles. The lowest BCUT2D eigenvalue weighted by Gasteiger charge is -2.24. The third kappa shape index (κ3) is 4.68. The van der Waals surface area contributed by atoms with Crippen LogP contribution in [0.3, 0.4) is 0 Å². The average Bonchev–Trinajstić information content (AvgIpc) is 3.19. The van der Waals surface area contributed by atoms with E-state index >= 15 is 0 Å². The van der Waals surface area contributed by atoms with E-state index in [2.05, 4.69) is 24.2 Å². The summed E-state index contributed by atoms with van der Waals surface area (Å²) >= 11 is 1.29. The van der Waals surface area contributed by atoms with Gasteiger partial charge in [-0.3, -0.25) is 9.69 Å². The van der Waals surface area contributed by atoms with E-state index in [0.29, 0.717) is 23.5 Å². The number of nitrogens with zero attached hydrogens (tertiary/aromatic N) is 1. The van der Waals surface area contributed by atoms with E-state index in [9.17, 15) is 9.59 Å². The number of rotatable bonds is 7. The highest BCUT2D eigenvalue weighted by Gasteiger charge is 2.29. The van der Waals surface area contributed by atoms with E-state index in [0.717, 1.165) is 11.0 Å². The lowest BCUT2D eigenvalue weighted by Crippen LogP contribution is -2.41. The average molecular weight is 308 g/mol. The van der Waals surface area contributed by atoms with Crippen LogP contribution in [0.25, 0.3) is 6.08 Å². The molecule has 0 bridgehead atoms. The van der Waals surface area contributed by atoms with Gasteiger partial charge < -0.3 is 10.4 Å². The second-order valence-electron chi connectivity index (χ2n) is 5.33. The highest BCUT2D eigenvalue weighted by Crippen LogP contribution is 2.26. The molecule has 2 N–H and O–H groups in total. The van der Waals surface area contributed by atoms with Crippen LogP contribution in [0.2, 0.25) is 0 Å². The number of likely N-dealkylation sites (N-methyl/N-ethyl adjacent to an activating group) is 1. The van der Waals surface area contributed by atoms with Crippen LogP contribution in [-0.4, -0.2) is 47.6 Å². The molecule has 1 aromatic heterocycles. The van der Waals surface area contributed by atoms with Gasteiger partial charge in [0.1, 0.15) is 0 Å². The van der Waals surface area contributed by atoms with E-state index < -0.39 is 5.97 Å². The summed E-state index contributed by atoms with van der Waals surface area (Å²) in [6.07, 6.45) is 5.06. The molecule has 0 aliphatic heterocycles. The maximum absolute atomic E-state index is 12.0. The van der Waals surface area contributed by atoms with Crippen molar-refractivity contribution in [2.45, 2.75) is 31.8 Å². The van der Waals surface area contributed by atoms with E-state index in [4.69, 9.17) is 5.11 Å². The van der Waals surface area contributed by atoms with Gasteiger partial charge in [0.25, 0.3) is 5.91 Å². The van der Waals surface area contributed by atoms with E-state index in [-0.39, 0.29) is 5.91 Å². The second kappa shape index (κ2) is 6.87. The normalized spacial score (nSPS) is 16.3. The number of hydrogen-bond donors (Lipinski definition) is 2. The number of hydrogen-bond acceptors (Lipinski definition) is 4. The standard InChI is InChI=1S/C15H20N2O3S/c1-10(17(2)11-3-4-11)9-16-15(20)13-7-5-12(21-13)6-8-14(18)19/h5-8,10-11H,3-4,9H2,1-2H3,(H,16,20)(H,18,19)/b8-6+. The zero-order chi connectivity index (χ0) is 15.4. The maximum Gasteiger partial charge on any atom is 0.328 e. The van der Waals surface area contributed by atoms with Gasteiger partial charge in [0.15, 0.2) is 0 Å². The molecule has 1 amide bonds. The summed E-state index contributed by atoms with van der Waals surface area (Å²) in [4.78, 5) is 26.2. The van der Waals surface area contributed by atoms with Crippen LogP contribution in [0.4, 0.5) is 0 Å². The molecule has 1 aliphatic carbocycles. The van der Waals surface area contributed by atoms with Crippen LogP contribution in [0, 0.1) is 0 Å². The second-order valence-corrected chi connectivity index (χ2v) is 6.44. The fourth-order valence-electron chi connectivity index (χ4n) is 2.03. The summed E-state index contributed by atoms with van der Waals surface area (Å²) in [7, 11) is 2.09. The lowest BCUT2D eigenvalue weighted by atomic mass is 10.3. The number of amides is 1. The Bertz CT molecular complexity index is 549. The minimum atomic E-state index is -0.994. The molecule has 21 heavy (non-hydrogen) atoms. The highest BCUT2D eigenvalue weighted by atomic mass is 32.1. The molecule has 1 fully saturated rings. The Morgan fingerprint density at radius 2 is 2.24 bits per heavy atom. The molecular formula is C15H20N2O3S. The third-order valence-corrected chi connectivity index (χ3v) is 4.67. The van der Waals surface area contributed by atoms with Gasteiger partial charge >= 0.3 is 5.97 Å². The quantitative estimate of drug-likeness (QED) is 0.757. The van der Waals surface area contributed by atoms with E-state index in [1.54, 1.807) is 12.1 Å². The van der Waals surface area contributed by atoms with Gasteiger partial charge in [-0.15, -0.1) is 11.3 Å². The molecular weight excluding hydrogens is 288 g/mol. The predicted molar refractivity (Wildman–Crippen MR) is 83.6 cm³/mol. The summed E-state index contributed by atoms with van der Waals surface area (Å²) in [6, 6.07) is 4.45. The molecule has 1 unspecified atom stereocenters. The van der Waals surface area contributed by atoms with Gasteiger partial charge in [-0.05, 0) is 45.0 Å². The molecule has 114 valence electrons. The van der Waals surface area contributed by atoms with Crippen LogP contribution < -0.4 is 5.32 Å². The van der Waals surface area contributed by atoms with Crippen molar-refractivity contribution in [3.63, 3.8) is 0 Å². The van der Waals surface area contributed by atoms with Crippen molar-refractivity contribution in [2.75, 3.05) is 13.6 Å². The zero-order valence-electron chi connectivity index (χ0n) is 12.2. The maximum atomic E-state index is 12.0. The SMILES string of the molecule is CC(CNC(=O)c1ccc(/C=C/C(=O)O)s1)N(C)C1CC1. The Kier molecular flexibility index (Phi) is 5.14. The fraction of sp³-hybridized carbons (Fsp3) is 0.467. The van der Waals surface area contributed by atoms with Crippen molar-refractivity contribution < 1.29 is 14.7 Å². The zero-order valence-corrected chi connectivity index (χ0v) is 13.0. The first-order valence-electron chi connectivity index (χ1n) is 6.98. The summed E-state index contributed by atoms with van der Waals surface area (Å²) in [5.41, 5.74) is 0. The number of carbonyl (C=O) groups is 2. The van der Waals surface area contributed by atoms with Crippen molar-refractivity contribution in [3.8, 4) is 0 Å². The molecule has 5 nitrogen and oxygen atoms in total. The van der Waals surface area contributed by atoms with Crippen LogP contribution in [-0.2, 0) is 4.79 Å². The van der Waals surface area contributed by atoms with Crippen LogP contribution >= 0.6 is 11.3 Å². The summed E-state index contributed by atoms with van der Waals surface area (Å²) in [5.74, 6) is -1.10. The molecule has 1 aromatic rings. The Balaban J connectivity index is 1.84. The Morgan fingerprint density at radius 1 is 1.52 bits per heavy atom. The number of carboxylic acid groups (broad SMARTS) is 1. The van der Waals surface area contributed by atoms with Crippen LogP contribution in [0.5, 0.6) is 0 Å². The number of thiophene rings is 1. The van der Waals surface area contributed by atoms with Crippen LogP contribution in [0.1, 0.15) is 34.3 Å².